The summed E-state index contributed by atoms with van der Waals surface area (Å²) in [5, 5.41) is 27.4. The van der Waals surface area contributed by atoms with Gasteiger partial charge in [0.25, 0.3) is 0 Å². The zero-order chi connectivity index (χ0) is 9.14. The highest BCUT2D eigenvalue weighted by molar-refractivity contribution is 4.93. The Balaban J connectivity index is 2.53. The molecule has 1 aliphatic heterocycles. The number of hydrogen-bond acceptors (Lipinski definition) is 4. The average molecular weight is 174 g/mol. The van der Waals surface area contributed by atoms with Crippen molar-refractivity contribution in [2.75, 3.05) is 6.61 Å². The minimum absolute atomic E-state index is 0.272. The number of ether oxygens (including phenoxy) is 1. The van der Waals surface area contributed by atoms with Crippen LogP contribution in [0.4, 0.5) is 0 Å². The lowest BCUT2D eigenvalue weighted by Crippen LogP contribution is -2.33. The van der Waals surface area contributed by atoms with Gasteiger partial charge in [0, 0.05) is 0 Å². The van der Waals surface area contributed by atoms with E-state index in [9.17, 15) is 10.2 Å². The van der Waals surface area contributed by atoms with E-state index in [2.05, 4.69) is 6.58 Å². The van der Waals surface area contributed by atoms with Gasteiger partial charge in [0.15, 0.2) is 0 Å². The van der Waals surface area contributed by atoms with Gasteiger partial charge in [-0.3, -0.25) is 0 Å². The van der Waals surface area contributed by atoms with Crippen LogP contribution in [-0.4, -0.2) is 46.3 Å². The highest BCUT2D eigenvalue weighted by Crippen LogP contribution is 2.23. The third kappa shape index (κ3) is 1.67. The van der Waals surface area contributed by atoms with Crippen molar-refractivity contribution in [2.24, 2.45) is 0 Å². The van der Waals surface area contributed by atoms with Gasteiger partial charge in [0.2, 0.25) is 0 Å². The largest absolute Gasteiger partial charge is 0.394 e. The van der Waals surface area contributed by atoms with E-state index in [1.54, 1.807) is 6.08 Å². The van der Waals surface area contributed by atoms with Gasteiger partial charge in [0.1, 0.15) is 18.3 Å². The van der Waals surface area contributed by atoms with Crippen molar-refractivity contribution in [3.05, 3.63) is 12.7 Å². The Hall–Kier alpha value is -0.420. The fourth-order valence-electron chi connectivity index (χ4n) is 1.34. The zero-order valence-corrected chi connectivity index (χ0v) is 6.76. The van der Waals surface area contributed by atoms with Gasteiger partial charge >= 0.3 is 0 Å². The number of rotatable bonds is 3. The fraction of sp³-hybridized carbons (Fsp3) is 0.750. The van der Waals surface area contributed by atoms with Gasteiger partial charge in [0.05, 0.1) is 12.7 Å². The molecule has 0 aliphatic carbocycles. The molecule has 0 aromatic carbocycles. The molecule has 12 heavy (non-hydrogen) atoms. The van der Waals surface area contributed by atoms with E-state index in [0.29, 0.717) is 6.42 Å². The van der Waals surface area contributed by atoms with Crippen LogP contribution in [0.2, 0.25) is 0 Å². The molecule has 1 aliphatic rings. The van der Waals surface area contributed by atoms with Crippen LogP contribution in [0.5, 0.6) is 0 Å². The molecule has 0 bridgehead atoms. The highest BCUT2D eigenvalue weighted by Gasteiger charge is 2.41. The summed E-state index contributed by atoms with van der Waals surface area (Å²) in [6, 6.07) is 0. The van der Waals surface area contributed by atoms with E-state index in [4.69, 9.17) is 9.84 Å². The summed E-state index contributed by atoms with van der Waals surface area (Å²) in [6.07, 6.45) is -0.908. The molecule has 4 nitrogen and oxygen atoms in total. The maximum Gasteiger partial charge on any atom is 0.111 e. The Morgan fingerprint density at radius 1 is 1.25 bits per heavy atom. The van der Waals surface area contributed by atoms with Gasteiger partial charge in [-0.1, -0.05) is 6.08 Å². The van der Waals surface area contributed by atoms with Crippen LogP contribution in [0.3, 0.4) is 0 Å². The van der Waals surface area contributed by atoms with Gasteiger partial charge in [-0.15, -0.1) is 6.58 Å². The van der Waals surface area contributed by atoms with Gasteiger partial charge in [-0.25, -0.2) is 0 Å². The van der Waals surface area contributed by atoms with E-state index in [-0.39, 0.29) is 6.61 Å². The second-order valence-corrected chi connectivity index (χ2v) is 2.90. The predicted octanol–water partition coefficient (Wildman–Crippen LogP) is -0.956. The Morgan fingerprint density at radius 2 is 1.83 bits per heavy atom. The van der Waals surface area contributed by atoms with Crippen molar-refractivity contribution in [3.63, 3.8) is 0 Å². The van der Waals surface area contributed by atoms with Crippen molar-refractivity contribution in [1.29, 1.82) is 0 Å². The maximum absolute atomic E-state index is 9.36. The first kappa shape index (κ1) is 9.67. The Bertz CT molecular complexity index is 159. The normalized spacial score (nSPS) is 41.6. The predicted molar refractivity (Wildman–Crippen MR) is 42.6 cm³/mol. The molecule has 0 unspecified atom stereocenters. The number of aliphatic hydroxyl groups excluding tert-OH is 3. The second kappa shape index (κ2) is 4.00. The summed E-state index contributed by atoms with van der Waals surface area (Å²) < 4.78 is 5.15. The SMILES string of the molecule is C=CC[C@@H]1O[C@H](CO)[C@@H](O)[C@H]1O. The summed E-state index contributed by atoms with van der Waals surface area (Å²) in [5.74, 6) is 0. The minimum atomic E-state index is -0.986. The first-order chi connectivity index (χ1) is 5.70. The van der Waals surface area contributed by atoms with Crippen molar-refractivity contribution < 1.29 is 20.1 Å². The van der Waals surface area contributed by atoms with Crippen LogP contribution in [0, 0.1) is 0 Å². The minimum Gasteiger partial charge on any atom is -0.394 e. The quantitative estimate of drug-likeness (QED) is 0.482. The molecule has 0 aromatic rings. The summed E-state index contributed by atoms with van der Waals surface area (Å²) in [4.78, 5) is 0. The first-order valence-electron chi connectivity index (χ1n) is 3.94. The standard InChI is InChI=1S/C8H14O4/c1-2-3-5-7(10)8(11)6(4-9)12-5/h2,5-11H,1,3-4H2/t5-,6+,7-,8+/m0/s1. The Morgan fingerprint density at radius 3 is 2.25 bits per heavy atom. The Kier molecular flexibility index (Phi) is 3.22. The highest BCUT2D eigenvalue weighted by atomic mass is 16.6. The van der Waals surface area contributed by atoms with Crippen molar-refractivity contribution in [2.45, 2.75) is 30.8 Å². The van der Waals surface area contributed by atoms with E-state index >= 15 is 0 Å². The molecular weight excluding hydrogens is 160 g/mol. The summed E-state index contributed by atoms with van der Waals surface area (Å²) in [6.45, 7) is 3.23. The first-order valence-corrected chi connectivity index (χ1v) is 3.94. The van der Waals surface area contributed by atoms with Gasteiger partial charge in [-0.05, 0) is 6.42 Å². The van der Waals surface area contributed by atoms with Crippen LogP contribution >= 0.6 is 0 Å². The molecule has 0 radical (unpaired) electrons. The molecular formula is C8H14O4. The molecule has 0 spiro atoms. The smallest absolute Gasteiger partial charge is 0.111 e. The monoisotopic (exact) mass is 174 g/mol. The molecule has 1 heterocycles. The lowest BCUT2D eigenvalue weighted by Gasteiger charge is -2.11. The van der Waals surface area contributed by atoms with Crippen molar-refractivity contribution >= 4 is 0 Å². The third-order valence-corrected chi connectivity index (χ3v) is 2.04. The zero-order valence-electron chi connectivity index (χ0n) is 6.76. The molecule has 4 atom stereocenters. The molecule has 0 saturated carbocycles. The lowest BCUT2D eigenvalue weighted by molar-refractivity contribution is -0.0208. The maximum atomic E-state index is 9.36. The molecule has 1 saturated heterocycles. The van der Waals surface area contributed by atoms with Crippen LogP contribution in [0.25, 0.3) is 0 Å². The topological polar surface area (TPSA) is 69.9 Å². The third-order valence-electron chi connectivity index (χ3n) is 2.04. The fourth-order valence-corrected chi connectivity index (χ4v) is 1.34. The summed E-state index contributed by atoms with van der Waals surface area (Å²) >= 11 is 0. The van der Waals surface area contributed by atoms with Crippen molar-refractivity contribution in [3.8, 4) is 0 Å². The molecule has 0 aromatic heterocycles. The second-order valence-electron chi connectivity index (χ2n) is 2.90. The van der Waals surface area contributed by atoms with Crippen LogP contribution in [-0.2, 0) is 4.74 Å². The van der Waals surface area contributed by atoms with Crippen LogP contribution < -0.4 is 0 Å². The van der Waals surface area contributed by atoms with Crippen LogP contribution in [0.15, 0.2) is 12.7 Å². The molecule has 70 valence electrons. The van der Waals surface area contributed by atoms with Gasteiger partial charge in [-0.2, -0.15) is 0 Å². The average Bonchev–Trinajstić information content (AvgIpc) is 2.33. The van der Waals surface area contributed by atoms with E-state index < -0.39 is 24.4 Å². The van der Waals surface area contributed by atoms with Gasteiger partial charge < -0.3 is 20.1 Å². The number of hydrogen-bond donors (Lipinski definition) is 3. The molecule has 0 amide bonds. The molecule has 1 fully saturated rings. The van der Waals surface area contributed by atoms with E-state index in [1.165, 1.54) is 0 Å². The summed E-state index contributed by atoms with van der Waals surface area (Å²) in [7, 11) is 0. The summed E-state index contributed by atoms with van der Waals surface area (Å²) in [5.41, 5.74) is 0. The lowest BCUT2D eigenvalue weighted by atomic mass is 10.1. The molecule has 4 heteroatoms. The van der Waals surface area contributed by atoms with Crippen molar-refractivity contribution in [1.82, 2.24) is 0 Å². The number of aliphatic hydroxyl groups is 3. The van der Waals surface area contributed by atoms with Crippen LogP contribution in [0.1, 0.15) is 6.42 Å². The Labute approximate surface area is 71.1 Å². The van der Waals surface area contributed by atoms with E-state index in [0.717, 1.165) is 0 Å². The molecule has 3 N–H and O–H groups in total. The molecule has 1 rings (SSSR count). The van der Waals surface area contributed by atoms with E-state index in [1.807, 2.05) is 0 Å².